The Bertz CT molecular complexity index is 981. The Kier molecular flexibility index (Phi) is 6.07. The first-order valence-electron chi connectivity index (χ1n) is 11.0. The number of piperidine rings is 1. The monoisotopic (exact) mass is 419 g/mol. The average molecular weight is 420 g/mol. The maximum absolute atomic E-state index is 13.1. The lowest BCUT2D eigenvalue weighted by Gasteiger charge is -2.33. The summed E-state index contributed by atoms with van der Waals surface area (Å²) in [7, 11) is 0. The third-order valence-corrected chi connectivity index (χ3v) is 6.52. The summed E-state index contributed by atoms with van der Waals surface area (Å²) in [5.41, 5.74) is 3.78. The standard InChI is InChI=1S/C25H29N3O3/c1-17-7-6-10-22(18(17)2)28-16-20(15-23(28)29)25(31)27-13-11-21(12-14-27)26-24(30)19-8-4-3-5-9-19/h3-10,20-21H,11-16H2,1-2H3,(H,26,30)/t20-/m0/s1. The first kappa shape index (κ1) is 21.1. The van der Waals surface area contributed by atoms with Crippen LogP contribution in [0.15, 0.2) is 48.5 Å². The van der Waals surface area contributed by atoms with E-state index < -0.39 is 0 Å². The van der Waals surface area contributed by atoms with Crippen LogP contribution in [0.4, 0.5) is 5.69 Å². The molecule has 1 atom stereocenters. The molecule has 2 aliphatic rings. The van der Waals surface area contributed by atoms with Crippen LogP contribution in [-0.2, 0) is 9.59 Å². The van der Waals surface area contributed by atoms with Crippen LogP contribution in [0.25, 0.3) is 0 Å². The molecular weight excluding hydrogens is 390 g/mol. The lowest BCUT2D eigenvalue weighted by atomic mass is 10.0. The minimum absolute atomic E-state index is 0.0112. The first-order valence-corrected chi connectivity index (χ1v) is 11.0. The maximum Gasteiger partial charge on any atom is 0.251 e. The fourth-order valence-corrected chi connectivity index (χ4v) is 4.49. The van der Waals surface area contributed by atoms with Crippen LogP contribution in [0, 0.1) is 19.8 Å². The van der Waals surface area contributed by atoms with Crippen LogP contribution in [0.1, 0.15) is 40.7 Å². The number of carbonyl (C=O) groups excluding carboxylic acids is 3. The molecule has 3 amide bonds. The van der Waals surface area contributed by atoms with Crippen LogP contribution in [0.3, 0.4) is 0 Å². The molecule has 0 radical (unpaired) electrons. The van der Waals surface area contributed by atoms with E-state index in [1.807, 2.05) is 55.1 Å². The van der Waals surface area contributed by atoms with Gasteiger partial charge in [-0.2, -0.15) is 0 Å². The Morgan fingerprint density at radius 1 is 0.968 bits per heavy atom. The molecule has 2 fully saturated rings. The average Bonchev–Trinajstić information content (AvgIpc) is 3.17. The van der Waals surface area contributed by atoms with Gasteiger partial charge in [0, 0.05) is 43.3 Å². The van der Waals surface area contributed by atoms with Crippen molar-refractivity contribution in [3.8, 4) is 0 Å². The number of benzene rings is 2. The van der Waals surface area contributed by atoms with Crippen molar-refractivity contribution in [3.63, 3.8) is 0 Å². The molecule has 6 nitrogen and oxygen atoms in total. The van der Waals surface area contributed by atoms with Gasteiger partial charge in [-0.15, -0.1) is 0 Å². The van der Waals surface area contributed by atoms with E-state index in [4.69, 9.17) is 0 Å². The van der Waals surface area contributed by atoms with E-state index in [0.29, 0.717) is 25.2 Å². The predicted octanol–water partition coefficient (Wildman–Crippen LogP) is 3.08. The summed E-state index contributed by atoms with van der Waals surface area (Å²) < 4.78 is 0. The van der Waals surface area contributed by atoms with E-state index in [2.05, 4.69) is 5.32 Å². The van der Waals surface area contributed by atoms with Crippen LogP contribution in [-0.4, -0.2) is 48.3 Å². The summed E-state index contributed by atoms with van der Waals surface area (Å²) in [6.45, 7) is 5.69. The second-order valence-electron chi connectivity index (χ2n) is 8.56. The molecule has 0 bridgehead atoms. The third-order valence-electron chi connectivity index (χ3n) is 6.52. The fourth-order valence-electron chi connectivity index (χ4n) is 4.49. The molecule has 0 saturated carbocycles. The van der Waals surface area contributed by atoms with Crippen molar-refractivity contribution in [3.05, 3.63) is 65.2 Å². The summed E-state index contributed by atoms with van der Waals surface area (Å²) in [5, 5.41) is 3.07. The van der Waals surface area contributed by atoms with Gasteiger partial charge in [-0.05, 0) is 56.0 Å². The molecule has 0 unspecified atom stereocenters. The van der Waals surface area contributed by atoms with Crippen molar-refractivity contribution >= 4 is 23.4 Å². The SMILES string of the molecule is Cc1cccc(N2C[C@@H](C(=O)N3CCC(NC(=O)c4ccccc4)CC3)CC2=O)c1C. The van der Waals surface area contributed by atoms with Gasteiger partial charge >= 0.3 is 0 Å². The lowest BCUT2D eigenvalue weighted by Crippen LogP contribution is -2.48. The largest absolute Gasteiger partial charge is 0.349 e. The van der Waals surface area contributed by atoms with Crippen molar-refractivity contribution in [1.82, 2.24) is 10.2 Å². The highest BCUT2D eigenvalue weighted by atomic mass is 16.2. The normalized spacial score (nSPS) is 19.5. The molecule has 0 aliphatic carbocycles. The Labute approximate surface area is 183 Å². The minimum atomic E-state index is -0.303. The maximum atomic E-state index is 13.1. The number of hydrogen-bond donors (Lipinski definition) is 1. The van der Waals surface area contributed by atoms with Crippen LogP contribution >= 0.6 is 0 Å². The molecule has 2 heterocycles. The molecule has 0 aromatic heterocycles. The molecule has 2 aromatic carbocycles. The van der Waals surface area contributed by atoms with Gasteiger partial charge in [-0.1, -0.05) is 30.3 Å². The summed E-state index contributed by atoms with van der Waals surface area (Å²) in [4.78, 5) is 41.7. The molecule has 2 aromatic rings. The zero-order valence-corrected chi connectivity index (χ0v) is 18.1. The van der Waals surface area contributed by atoms with E-state index in [1.165, 1.54) is 0 Å². The van der Waals surface area contributed by atoms with E-state index in [1.54, 1.807) is 17.0 Å². The number of rotatable bonds is 4. The van der Waals surface area contributed by atoms with E-state index >= 15 is 0 Å². The van der Waals surface area contributed by atoms with Gasteiger partial charge in [-0.3, -0.25) is 14.4 Å². The summed E-state index contributed by atoms with van der Waals surface area (Å²) in [6, 6.07) is 15.2. The highest BCUT2D eigenvalue weighted by Gasteiger charge is 2.38. The third kappa shape index (κ3) is 4.48. The first-order chi connectivity index (χ1) is 14.9. The molecule has 162 valence electrons. The smallest absolute Gasteiger partial charge is 0.251 e. The van der Waals surface area contributed by atoms with Gasteiger partial charge in [0.25, 0.3) is 5.91 Å². The number of aryl methyl sites for hydroxylation is 1. The van der Waals surface area contributed by atoms with Crippen LogP contribution < -0.4 is 10.2 Å². The molecule has 4 rings (SSSR count). The van der Waals surface area contributed by atoms with Gasteiger partial charge < -0.3 is 15.1 Å². The number of nitrogens with one attached hydrogen (secondary N) is 1. The number of hydrogen-bond acceptors (Lipinski definition) is 3. The number of anilines is 1. The summed E-state index contributed by atoms with van der Waals surface area (Å²) >= 11 is 0. The van der Waals surface area contributed by atoms with Gasteiger partial charge in [0.15, 0.2) is 0 Å². The van der Waals surface area contributed by atoms with Crippen LogP contribution in [0.5, 0.6) is 0 Å². The highest BCUT2D eigenvalue weighted by molar-refractivity contribution is 6.01. The second-order valence-corrected chi connectivity index (χ2v) is 8.56. The molecule has 2 saturated heterocycles. The predicted molar refractivity (Wildman–Crippen MR) is 120 cm³/mol. The lowest BCUT2D eigenvalue weighted by molar-refractivity contribution is -0.136. The number of amides is 3. The van der Waals surface area contributed by atoms with Gasteiger partial charge in [0.2, 0.25) is 11.8 Å². The quantitative estimate of drug-likeness (QED) is 0.828. The number of carbonyl (C=O) groups is 3. The fraction of sp³-hybridized carbons (Fsp3) is 0.400. The molecule has 1 N–H and O–H groups in total. The van der Waals surface area contributed by atoms with E-state index in [0.717, 1.165) is 29.7 Å². The van der Waals surface area contributed by atoms with Crippen molar-refractivity contribution in [2.45, 2.75) is 39.2 Å². The zero-order chi connectivity index (χ0) is 22.0. The van der Waals surface area contributed by atoms with Crippen molar-refractivity contribution < 1.29 is 14.4 Å². The second kappa shape index (κ2) is 8.92. The Morgan fingerprint density at radius 2 is 1.68 bits per heavy atom. The Hall–Kier alpha value is -3.15. The molecule has 31 heavy (non-hydrogen) atoms. The topological polar surface area (TPSA) is 69.7 Å². The van der Waals surface area contributed by atoms with Gasteiger partial charge in [0.05, 0.1) is 5.92 Å². The number of nitrogens with zero attached hydrogens (tertiary/aromatic N) is 2. The highest BCUT2D eigenvalue weighted by Crippen LogP contribution is 2.30. The molecule has 2 aliphatic heterocycles. The van der Waals surface area contributed by atoms with Gasteiger partial charge in [-0.25, -0.2) is 0 Å². The Morgan fingerprint density at radius 3 is 2.39 bits per heavy atom. The molecule has 0 spiro atoms. The van der Waals surface area contributed by atoms with Gasteiger partial charge in [0.1, 0.15) is 0 Å². The zero-order valence-electron chi connectivity index (χ0n) is 18.1. The Balaban J connectivity index is 1.32. The van der Waals surface area contributed by atoms with E-state index in [9.17, 15) is 14.4 Å². The number of likely N-dealkylation sites (tertiary alicyclic amines) is 1. The molecule has 6 heteroatoms. The molecular formula is C25H29N3O3. The minimum Gasteiger partial charge on any atom is -0.349 e. The van der Waals surface area contributed by atoms with Crippen molar-refractivity contribution in [2.75, 3.05) is 24.5 Å². The van der Waals surface area contributed by atoms with E-state index in [-0.39, 0.29) is 36.1 Å². The summed E-state index contributed by atoms with van der Waals surface area (Å²) in [6.07, 6.45) is 1.72. The van der Waals surface area contributed by atoms with Crippen LogP contribution in [0.2, 0.25) is 0 Å². The van der Waals surface area contributed by atoms with Crippen molar-refractivity contribution in [1.29, 1.82) is 0 Å². The van der Waals surface area contributed by atoms with Crippen molar-refractivity contribution in [2.24, 2.45) is 5.92 Å². The summed E-state index contributed by atoms with van der Waals surface area (Å²) in [5.74, 6) is -0.315.